The number of carbonyl (C=O) groups is 1. The lowest BCUT2D eigenvalue weighted by molar-refractivity contribution is 0.179. The number of carbonyl (C=O) groups excluding carboxylic acids is 1. The molecule has 0 spiro atoms. The van der Waals surface area contributed by atoms with E-state index >= 15 is 0 Å². The number of nitrogens with one attached hydrogen (secondary N) is 2. The van der Waals surface area contributed by atoms with Crippen LogP contribution in [0, 0.1) is 0 Å². The molecule has 19 heavy (non-hydrogen) atoms. The first-order valence-corrected chi connectivity index (χ1v) is 7.23. The Labute approximate surface area is 113 Å². The predicted molar refractivity (Wildman–Crippen MR) is 71.0 cm³/mol. The van der Waals surface area contributed by atoms with Crippen LogP contribution in [0.5, 0.6) is 0 Å². The number of piperidine rings is 1. The largest absolute Gasteiger partial charge is 0.338 e. The summed E-state index contributed by atoms with van der Waals surface area (Å²) < 4.78 is 0. The molecular formula is C13H21N5O. The Hall–Kier alpha value is -1.59. The molecule has 0 radical (unpaired) electrons. The number of urea groups is 1. The molecule has 1 aliphatic heterocycles. The van der Waals surface area contributed by atoms with E-state index < -0.39 is 0 Å². The molecule has 1 atom stereocenters. The van der Waals surface area contributed by atoms with Crippen molar-refractivity contribution in [2.45, 2.75) is 44.4 Å². The third kappa shape index (κ3) is 2.72. The normalized spacial score (nSPS) is 23.4. The van der Waals surface area contributed by atoms with Gasteiger partial charge in [0.2, 0.25) is 0 Å². The number of hydrogen-bond donors (Lipinski definition) is 2. The fraction of sp³-hybridized carbons (Fsp3) is 0.769. The Bertz CT molecular complexity index is 454. The van der Waals surface area contributed by atoms with Gasteiger partial charge in [-0.05, 0) is 32.6 Å². The number of hydrogen-bond acceptors (Lipinski definition) is 3. The van der Waals surface area contributed by atoms with Gasteiger partial charge in [0.1, 0.15) is 5.82 Å². The van der Waals surface area contributed by atoms with Gasteiger partial charge in [0.15, 0.2) is 5.82 Å². The molecule has 1 saturated carbocycles. The summed E-state index contributed by atoms with van der Waals surface area (Å²) in [6.07, 6.45) is 4.54. The average molecular weight is 263 g/mol. The molecule has 6 nitrogen and oxygen atoms in total. The molecule has 2 amide bonds. The van der Waals surface area contributed by atoms with Crippen LogP contribution in [0.2, 0.25) is 0 Å². The molecule has 1 aromatic rings. The number of likely N-dealkylation sites (tertiary alicyclic amines) is 1. The van der Waals surface area contributed by atoms with Gasteiger partial charge in [-0.3, -0.25) is 5.10 Å². The Balaban J connectivity index is 1.64. The first-order chi connectivity index (χ1) is 9.28. The number of aromatic amines is 1. The van der Waals surface area contributed by atoms with Crippen LogP contribution >= 0.6 is 0 Å². The smallest absolute Gasteiger partial charge is 0.317 e. The Morgan fingerprint density at radius 1 is 1.42 bits per heavy atom. The van der Waals surface area contributed by atoms with Crippen LogP contribution in [0.25, 0.3) is 0 Å². The lowest BCUT2D eigenvalue weighted by Crippen LogP contribution is -2.45. The summed E-state index contributed by atoms with van der Waals surface area (Å²) in [5.41, 5.74) is 0. The Morgan fingerprint density at radius 3 is 3.00 bits per heavy atom. The number of amides is 2. The molecule has 1 aliphatic carbocycles. The molecule has 6 heteroatoms. The second-order valence-electron chi connectivity index (χ2n) is 5.47. The van der Waals surface area contributed by atoms with Gasteiger partial charge in [-0.2, -0.15) is 5.10 Å². The van der Waals surface area contributed by atoms with Gasteiger partial charge in [0.05, 0.1) is 0 Å². The van der Waals surface area contributed by atoms with E-state index in [0.717, 1.165) is 37.6 Å². The fourth-order valence-electron chi connectivity index (χ4n) is 2.65. The quantitative estimate of drug-likeness (QED) is 0.869. The standard InChI is InChI=1S/C13H21N5O/c1-2-14-13(19)18-7-3-4-10(8-18)12-15-11(16-17-12)9-5-6-9/h9-10H,2-8H2,1H3,(H,14,19)(H,15,16,17)/t10-/m0/s1. The minimum absolute atomic E-state index is 0.0325. The highest BCUT2D eigenvalue weighted by atomic mass is 16.2. The zero-order valence-corrected chi connectivity index (χ0v) is 11.4. The Kier molecular flexibility index (Phi) is 3.40. The van der Waals surface area contributed by atoms with Crippen molar-refractivity contribution in [2.75, 3.05) is 19.6 Å². The highest BCUT2D eigenvalue weighted by molar-refractivity contribution is 5.74. The first-order valence-electron chi connectivity index (χ1n) is 7.23. The van der Waals surface area contributed by atoms with E-state index in [4.69, 9.17) is 0 Å². The SMILES string of the molecule is CCNC(=O)N1CCC[C@H](c2n[nH]c(C3CC3)n2)C1. The highest BCUT2D eigenvalue weighted by Crippen LogP contribution is 2.38. The van der Waals surface area contributed by atoms with E-state index in [2.05, 4.69) is 20.5 Å². The fourth-order valence-corrected chi connectivity index (χ4v) is 2.65. The van der Waals surface area contributed by atoms with Gasteiger partial charge in [0.25, 0.3) is 0 Å². The van der Waals surface area contributed by atoms with Crippen molar-refractivity contribution < 1.29 is 4.79 Å². The number of nitrogens with zero attached hydrogens (tertiary/aromatic N) is 3. The van der Waals surface area contributed by atoms with Crippen molar-refractivity contribution in [3.8, 4) is 0 Å². The molecule has 2 aliphatic rings. The van der Waals surface area contributed by atoms with Gasteiger partial charge < -0.3 is 10.2 Å². The topological polar surface area (TPSA) is 73.9 Å². The van der Waals surface area contributed by atoms with Gasteiger partial charge in [-0.25, -0.2) is 9.78 Å². The van der Waals surface area contributed by atoms with Crippen LogP contribution in [-0.2, 0) is 0 Å². The second kappa shape index (κ2) is 5.19. The number of aromatic nitrogens is 3. The summed E-state index contributed by atoms with van der Waals surface area (Å²) in [6.45, 7) is 4.18. The van der Waals surface area contributed by atoms with E-state index in [1.54, 1.807) is 0 Å². The van der Waals surface area contributed by atoms with Crippen molar-refractivity contribution in [1.82, 2.24) is 25.4 Å². The molecule has 0 bridgehead atoms. The van der Waals surface area contributed by atoms with Crippen LogP contribution in [0.4, 0.5) is 4.79 Å². The lowest BCUT2D eigenvalue weighted by atomic mass is 9.97. The van der Waals surface area contributed by atoms with Gasteiger partial charge in [-0.15, -0.1) is 0 Å². The van der Waals surface area contributed by atoms with Crippen LogP contribution in [0.3, 0.4) is 0 Å². The van der Waals surface area contributed by atoms with Crippen molar-refractivity contribution in [1.29, 1.82) is 0 Å². The molecule has 0 aromatic carbocycles. The molecule has 3 rings (SSSR count). The molecule has 1 saturated heterocycles. The molecule has 2 N–H and O–H groups in total. The van der Waals surface area contributed by atoms with Crippen molar-refractivity contribution >= 4 is 6.03 Å². The molecule has 1 aromatic heterocycles. The van der Waals surface area contributed by atoms with Crippen LogP contribution in [0.1, 0.15) is 56.1 Å². The molecule has 2 heterocycles. The zero-order valence-electron chi connectivity index (χ0n) is 11.4. The molecule has 2 fully saturated rings. The maximum Gasteiger partial charge on any atom is 0.317 e. The molecule has 0 unspecified atom stereocenters. The van der Waals surface area contributed by atoms with Gasteiger partial charge >= 0.3 is 6.03 Å². The summed E-state index contributed by atoms with van der Waals surface area (Å²) >= 11 is 0. The van der Waals surface area contributed by atoms with E-state index in [-0.39, 0.29) is 11.9 Å². The zero-order chi connectivity index (χ0) is 13.2. The third-order valence-electron chi connectivity index (χ3n) is 3.89. The van der Waals surface area contributed by atoms with E-state index in [0.29, 0.717) is 12.5 Å². The van der Waals surface area contributed by atoms with E-state index in [1.165, 1.54) is 12.8 Å². The van der Waals surface area contributed by atoms with Crippen LogP contribution in [-0.4, -0.2) is 45.7 Å². The van der Waals surface area contributed by atoms with E-state index in [1.807, 2.05) is 11.8 Å². The summed E-state index contributed by atoms with van der Waals surface area (Å²) in [5, 5.41) is 10.3. The van der Waals surface area contributed by atoms with Crippen molar-refractivity contribution in [3.05, 3.63) is 11.6 Å². The summed E-state index contributed by atoms with van der Waals surface area (Å²) in [7, 11) is 0. The highest BCUT2D eigenvalue weighted by Gasteiger charge is 2.30. The molecule has 104 valence electrons. The monoisotopic (exact) mass is 263 g/mol. The molecular weight excluding hydrogens is 242 g/mol. The lowest BCUT2D eigenvalue weighted by Gasteiger charge is -2.31. The van der Waals surface area contributed by atoms with Gasteiger partial charge in [-0.1, -0.05) is 0 Å². The number of rotatable bonds is 3. The summed E-state index contributed by atoms with van der Waals surface area (Å²) in [4.78, 5) is 18.4. The Morgan fingerprint density at radius 2 is 2.26 bits per heavy atom. The summed E-state index contributed by atoms with van der Waals surface area (Å²) in [6, 6.07) is 0.0325. The average Bonchev–Trinajstić information content (AvgIpc) is 3.17. The maximum absolute atomic E-state index is 11.9. The van der Waals surface area contributed by atoms with Crippen molar-refractivity contribution in [3.63, 3.8) is 0 Å². The minimum Gasteiger partial charge on any atom is -0.338 e. The van der Waals surface area contributed by atoms with E-state index in [9.17, 15) is 4.79 Å². The number of H-pyrrole nitrogens is 1. The van der Waals surface area contributed by atoms with Crippen LogP contribution < -0.4 is 5.32 Å². The van der Waals surface area contributed by atoms with Crippen molar-refractivity contribution in [2.24, 2.45) is 0 Å². The second-order valence-corrected chi connectivity index (χ2v) is 5.47. The van der Waals surface area contributed by atoms with Crippen LogP contribution in [0.15, 0.2) is 0 Å². The maximum atomic E-state index is 11.9. The summed E-state index contributed by atoms with van der Waals surface area (Å²) in [5.74, 6) is 2.80. The first kappa shape index (κ1) is 12.4. The predicted octanol–water partition coefficient (Wildman–Crippen LogP) is 1.59. The minimum atomic E-state index is 0.0325. The van der Waals surface area contributed by atoms with Gasteiger partial charge in [0, 0.05) is 31.5 Å². The third-order valence-corrected chi connectivity index (χ3v) is 3.89.